The second-order valence-electron chi connectivity index (χ2n) is 18.4. The summed E-state index contributed by atoms with van der Waals surface area (Å²) in [5.74, 6) is -2.45. The van der Waals surface area contributed by atoms with Gasteiger partial charge in [0.25, 0.3) is 11.8 Å². The van der Waals surface area contributed by atoms with Gasteiger partial charge >= 0.3 is 12.1 Å². The van der Waals surface area contributed by atoms with Crippen LogP contribution >= 0.6 is 11.6 Å². The Balaban J connectivity index is 0.000000831. The normalized spacial score (nSPS) is 19.9. The van der Waals surface area contributed by atoms with E-state index < -0.39 is 35.9 Å². The summed E-state index contributed by atoms with van der Waals surface area (Å²) in [6, 6.07) is 19.7. The van der Waals surface area contributed by atoms with E-state index in [-0.39, 0.29) is 30.6 Å². The zero-order valence-corrected chi connectivity index (χ0v) is 39.2. The van der Waals surface area contributed by atoms with Crippen molar-refractivity contribution in [2.24, 2.45) is 5.92 Å². The molecule has 4 saturated heterocycles. The molecule has 0 radical (unpaired) electrons. The Kier molecular flexibility index (Phi) is 14.4. The Hall–Kier alpha value is -6.90. The number of carboxylic acid groups (broad SMARTS) is 1. The number of alkyl halides is 3. The molecule has 0 saturated carbocycles. The lowest BCUT2D eigenvalue weighted by Crippen LogP contribution is -2.54. The number of aromatic amines is 1. The number of piperidine rings is 4. The van der Waals surface area contributed by atoms with E-state index in [1.165, 1.54) is 6.33 Å². The maximum atomic E-state index is 13.9. The number of imide groups is 2. The molecule has 0 spiro atoms. The number of benzene rings is 3. The third-order valence-corrected chi connectivity index (χ3v) is 14.3. The highest BCUT2D eigenvalue weighted by molar-refractivity contribution is 6.36. The monoisotopic (exact) mass is 997 g/mol. The van der Waals surface area contributed by atoms with Crippen LogP contribution in [0.15, 0.2) is 79.3 Å². The second-order valence-corrected chi connectivity index (χ2v) is 18.8. The van der Waals surface area contributed by atoms with Crippen molar-refractivity contribution in [2.45, 2.75) is 75.7 Å². The van der Waals surface area contributed by atoms with Gasteiger partial charge in [-0.3, -0.25) is 34.2 Å². The molecule has 71 heavy (non-hydrogen) atoms. The number of amides is 4. The largest absolute Gasteiger partial charge is 0.490 e. The average molecular weight is 998 g/mol. The number of H-pyrrole nitrogens is 1. The standard InChI is InChI=1S/C48H50ClN9O6.C2HF3O2/c49-39-25-34(64-33-4-2-1-3-5-33)7-9-36(39)43(60)38-26-50-44-42(38)45(52-28-51-44)53-30-14-22-56(23-15-30)31-16-18-55(19-17-31)27-29-12-20-57(21-13-29)32-6-8-35-37(24-32)48(63)58(47(35)62)40-10-11-41(59)54-46(40)61;3-2(4,5)1(6)7/h1-9,24-26,28-31,40H,10-23,27H2,(H,54,59,61)(H2,50,51,52,53);(H,6,7). The van der Waals surface area contributed by atoms with Crippen molar-refractivity contribution < 1.29 is 51.8 Å². The number of hydrogen-bond donors (Lipinski definition) is 4. The van der Waals surface area contributed by atoms with Crippen molar-refractivity contribution in [3.8, 4) is 11.5 Å². The lowest BCUT2D eigenvalue weighted by Gasteiger charge is -2.43. The average Bonchev–Trinajstić information content (AvgIpc) is 3.90. The number of carboxylic acids is 1. The summed E-state index contributed by atoms with van der Waals surface area (Å²) < 4.78 is 37.7. The van der Waals surface area contributed by atoms with Crippen LogP contribution < -0.4 is 20.3 Å². The molecule has 4 fully saturated rings. The maximum absolute atomic E-state index is 13.9. The van der Waals surface area contributed by atoms with Crippen molar-refractivity contribution >= 4 is 69.5 Å². The molecule has 4 N–H and O–H groups in total. The molecule has 5 aliphatic rings. The maximum Gasteiger partial charge on any atom is 0.490 e. The predicted octanol–water partition coefficient (Wildman–Crippen LogP) is 6.93. The Bertz CT molecular complexity index is 2840. The van der Waals surface area contributed by atoms with Crippen LogP contribution in [0.3, 0.4) is 0 Å². The molecule has 0 bridgehead atoms. The highest BCUT2D eigenvalue weighted by atomic mass is 35.5. The number of nitrogens with zero attached hydrogens (tertiary/aromatic N) is 6. The van der Waals surface area contributed by atoms with Gasteiger partial charge < -0.3 is 34.8 Å². The summed E-state index contributed by atoms with van der Waals surface area (Å²) in [5, 5.41) is 14.0. The molecule has 1 atom stereocenters. The number of para-hydroxylation sites is 1. The summed E-state index contributed by atoms with van der Waals surface area (Å²) in [6.45, 7) is 7.00. The van der Waals surface area contributed by atoms with Crippen LogP contribution in [0.4, 0.5) is 24.7 Å². The van der Waals surface area contributed by atoms with Gasteiger partial charge in [0.05, 0.1) is 27.1 Å². The summed E-state index contributed by atoms with van der Waals surface area (Å²) in [7, 11) is 0. The number of anilines is 2. The van der Waals surface area contributed by atoms with Crippen LogP contribution in [0, 0.1) is 5.92 Å². The lowest BCUT2D eigenvalue weighted by molar-refractivity contribution is -0.192. The number of carbonyl (C=O) groups excluding carboxylic acids is 5. The number of ether oxygens (including phenoxy) is 1. The predicted molar refractivity (Wildman–Crippen MR) is 255 cm³/mol. The van der Waals surface area contributed by atoms with Crippen molar-refractivity contribution in [3.63, 3.8) is 0 Å². The van der Waals surface area contributed by atoms with E-state index in [0.717, 1.165) is 94.9 Å². The van der Waals surface area contributed by atoms with E-state index in [0.29, 0.717) is 67.6 Å². The van der Waals surface area contributed by atoms with Gasteiger partial charge in [0.1, 0.15) is 35.3 Å². The van der Waals surface area contributed by atoms with Crippen LogP contribution in [-0.4, -0.2) is 140 Å². The van der Waals surface area contributed by atoms with Gasteiger partial charge in [0, 0.05) is 74.7 Å². The van der Waals surface area contributed by atoms with Crippen molar-refractivity contribution in [3.05, 3.63) is 107 Å². The number of nitrogens with one attached hydrogen (secondary N) is 3. The number of aromatic nitrogens is 3. The Morgan fingerprint density at radius 2 is 1.51 bits per heavy atom. The highest BCUT2D eigenvalue weighted by Crippen LogP contribution is 2.35. The van der Waals surface area contributed by atoms with E-state index in [1.807, 2.05) is 36.4 Å². The van der Waals surface area contributed by atoms with Crippen LogP contribution in [0.5, 0.6) is 11.5 Å². The van der Waals surface area contributed by atoms with Crippen LogP contribution in [0.25, 0.3) is 11.0 Å². The Labute approximate surface area is 410 Å². The molecule has 5 aromatic rings. The highest BCUT2D eigenvalue weighted by Gasteiger charge is 2.45. The molecule has 4 amide bonds. The smallest absolute Gasteiger partial charge is 0.475 e. The fourth-order valence-corrected chi connectivity index (χ4v) is 10.5. The van der Waals surface area contributed by atoms with Crippen molar-refractivity contribution in [1.82, 2.24) is 35.0 Å². The molecule has 372 valence electrons. The molecule has 5 aliphatic heterocycles. The van der Waals surface area contributed by atoms with E-state index in [4.69, 9.17) is 26.2 Å². The number of rotatable bonds is 11. The second kappa shape index (κ2) is 20.8. The van der Waals surface area contributed by atoms with Gasteiger partial charge in [0.2, 0.25) is 11.8 Å². The summed E-state index contributed by atoms with van der Waals surface area (Å²) in [5.41, 5.74) is 2.97. The van der Waals surface area contributed by atoms with Gasteiger partial charge in [-0.2, -0.15) is 13.2 Å². The summed E-state index contributed by atoms with van der Waals surface area (Å²) in [6.07, 6.45) is 4.71. The minimum Gasteiger partial charge on any atom is -0.475 e. The zero-order valence-electron chi connectivity index (χ0n) is 38.4. The van der Waals surface area contributed by atoms with Gasteiger partial charge in [0.15, 0.2) is 5.78 Å². The molecular formula is C50H51ClF3N9O8. The number of ketones is 1. The van der Waals surface area contributed by atoms with Crippen LogP contribution in [-0.2, 0) is 14.4 Å². The quantitative estimate of drug-likeness (QED) is 0.0782. The van der Waals surface area contributed by atoms with Crippen LogP contribution in [0.2, 0.25) is 5.02 Å². The molecule has 17 nitrogen and oxygen atoms in total. The number of likely N-dealkylation sites (tertiary alicyclic amines) is 2. The number of halogens is 4. The third kappa shape index (κ3) is 10.9. The topological polar surface area (TPSA) is 210 Å². The first-order valence-corrected chi connectivity index (χ1v) is 24.0. The zero-order chi connectivity index (χ0) is 50.0. The van der Waals surface area contributed by atoms with Gasteiger partial charge in [-0.25, -0.2) is 14.8 Å². The SMILES string of the molecule is O=C(O)C(F)(F)F.O=C1CCC(N2C(=O)c3ccc(N4CCC(CN5CCC(N6CCC(Nc7ncnc8[nH]cc(C(=O)c9ccc(Oc%10ccccc%10)cc9Cl)c78)CC6)CC5)CC4)cc3C2=O)C(=O)N1. The van der Waals surface area contributed by atoms with Crippen molar-refractivity contribution in [2.75, 3.05) is 56.0 Å². The van der Waals surface area contributed by atoms with E-state index in [1.54, 1.807) is 36.5 Å². The molecule has 2 aromatic heterocycles. The first-order valence-electron chi connectivity index (χ1n) is 23.6. The first-order chi connectivity index (χ1) is 34.1. The van der Waals surface area contributed by atoms with Crippen LogP contribution in [0.1, 0.15) is 88.0 Å². The van der Waals surface area contributed by atoms with E-state index in [9.17, 15) is 37.1 Å². The molecule has 21 heteroatoms. The third-order valence-electron chi connectivity index (χ3n) is 14.0. The minimum absolute atomic E-state index is 0.0970. The number of aliphatic carboxylic acids is 1. The van der Waals surface area contributed by atoms with Crippen molar-refractivity contribution in [1.29, 1.82) is 0 Å². The Morgan fingerprint density at radius 3 is 2.18 bits per heavy atom. The van der Waals surface area contributed by atoms with E-state index in [2.05, 4.69) is 40.3 Å². The molecule has 0 aliphatic carbocycles. The molecule has 7 heterocycles. The number of fused-ring (bicyclic) bond motifs is 2. The summed E-state index contributed by atoms with van der Waals surface area (Å²) in [4.78, 5) is 94.3. The number of hydrogen-bond acceptors (Lipinski definition) is 13. The molecule has 3 aromatic carbocycles. The fourth-order valence-electron chi connectivity index (χ4n) is 10.2. The van der Waals surface area contributed by atoms with E-state index >= 15 is 0 Å². The molecule has 1 unspecified atom stereocenters. The molecule has 10 rings (SSSR count). The summed E-state index contributed by atoms with van der Waals surface area (Å²) >= 11 is 6.66. The van der Waals surface area contributed by atoms with Gasteiger partial charge in [-0.1, -0.05) is 29.8 Å². The van der Waals surface area contributed by atoms with Gasteiger partial charge in [-0.05, 0) is 106 Å². The molecular weight excluding hydrogens is 947 g/mol. The first kappa shape index (κ1) is 49.1. The van der Waals surface area contributed by atoms with Gasteiger partial charge in [-0.15, -0.1) is 0 Å². The minimum atomic E-state index is -5.08. The Morgan fingerprint density at radius 1 is 0.803 bits per heavy atom. The fraction of sp³-hybridized carbons (Fsp3) is 0.400. The number of carbonyl (C=O) groups is 6. The lowest BCUT2D eigenvalue weighted by atomic mass is 9.93.